The Hall–Kier alpha value is -3.48. The summed E-state index contributed by atoms with van der Waals surface area (Å²) in [6.45, 7) is 0.448. The van der Waals surface area contributed by atoms with E-state index in [1.807, 2.05) is 30.3 Å². The zero-order valence-corrected chi connectivity index (χ0v) is 15.2. The number of ether oxygens (including phenoxy) is 2. The number of carbonyl (C=O) groups excluding carboxylic acids is 1. The van der Waals surface area contributed by atoms with Crippen LogP contribution < -0.4 is 20.5 Å². The second kappa shape index (κ2) is 8.27. The first-order valence-electron chi connectivity index (χ1n) is 8.42. The minimum atomic E-state index is -0.306. The second-order valence-electron chi connectivity index (χ2n) is 5.82. The zero-order chi connectivity index (χ0) is 19.2. The molecule has 7 heteroatoms. The van der Waals surface area contributed by atoms with E-state index in [1.165, 1.54) is 6.26 Å². The predicted octanol–water partition coefficient (Wildman–Crippen LogP) is 2.91. The van der Waals surface area contributed by atoms with Crippen molar-refractivity contribution in [1.82, 2.24) is 10.3 Å². The van der Waals surface area contributed by atoms with Gasteiger partial charge in [0.25, 0.3) is 5.91 Å². The Bertz CT molecular complexity index is 936. The van der Waals surface area contributed by atoms with Gasteiger partial charge in [0.15, 0.2) is 17.2 Å². The Morgan fingerprint density at radius 2 is 1.93 bits per heavy atom. The van der Waals surface area contributed by atoms with Crippen LogP contribution >= 0.6 is 0 Å². The topological polar surface area (TPSA) is 99.6 Å². The fourth-order valence-electron chi connectivity index (χ4n) is 2.64. The highest BCUT2D eigenvalue weighted by Gasteiger charge is 2.14. The van der Waals surface area contributed by atoms with Crippen molar-refractivity contribution in [3.8, 4) is 23.0 Å². The zero-order valence-electron chi connectivity index (χ0n) is 15.2. The van der Waals surface area contributed by atoms with Crippen molar-refractivity contribution in [2.75, 3.05) is 26.5 Å². The van der Waals surface area contributed by atoms with E-state index in [0.717, 1.165) is 5.56 Å². The third-order valence-electron chi connectivity index (χ3n) is 4.08. The average molecular weight is 367 g/mol. The minimum Gasteiger partial charge on any atom is -0.493 e. The van der Waals surface area contributed by atoms with Crippen molar-refractivity contribution >= 4 is 11.6 Å². The Balaban J connectivity index is 1.60. The van der Waals surface area contributed by atoms with Crippen LogP contribution in [0.4, 0.5) is 5.69 Å². The summed E-state index contributed by atoms with van der Waals surface area (Å²) in [6.07, 6.45) is 1.97. The largest absolute Gasteiger partial charge is 0.493 e. The smallest absolute Gasteiger partial charge is 0.273 e. The molecule has 0 aliphatic rings. The first kappa shape index (κ1) is 18.3. The number of hydrogen-bond acceptors (Lipinski definition) is 6. The average Bonchev–Trinajstić information content (AvgIpc) is 3.18. The molecule has 1 aromatic heterocycles. The number of rotatable bonds is 7. The summed E-state index contributed by atoms with van der Waals surface area (Å²) in [5.74, 6) is 1.33. The number of hydrogen-bond donors (Lipinski definition) is 2. The van der Waals surface area contributed by atoms with Gasteiger partial charge < -0.3 is 24.9 Å². The van der Waals surface area contributed by atoms with Crippen LogP contribution in [0, 0.1) is 0 Å². The summed E-state index contributed by atoms with van der Waals surface area (Å²) < 4.78 is 15.9. The fraction of sp³-hybridized carbons (Fsp3) is 0.200. The lowest BCUT2D eigenvalue weighted by Gasteiger charge is -2.09. The molecule has 0 saturated heterocycles. The number of carbonyl (C=O) groups is 1. The number of oxazole rings is 1. The van der Waals surface area contributed by atoms with Crippen molar-refractivity contribution in [3.05, 3.63) is 60.0 Å². The number of nitrogens with two attached hydrogens (primary N) is 1. The molecule has 0 spiro atoms. The SMILES string of the molecule is COc1ccc(CCNC(=O)c2coc(-c3ccccc3N)n2)cc1OC. The highest BCUT2D eigenvalue weighted by molar-refractivity contribution is 5.92. The van der Waals surface area contributed by atoms with E-state index in [4.69, 9.17) is 19.6 Å². The van der Waals surface area contributed by atoms with Crippen LogP contribution in [0.5, 0.6) is 11.5 Å². The van der Waals surface area contributed by atoms with Gasteiger partial charge in [-0.05, 0) is 36.2 Å². The molecule has 0 atom stereocenters. The van der Waals surface area contributed by atoms with Gasteiger partial charge in [0.05, 0.1) is 19.8 Å². The summed E-state index contributed by atoms with van der Waals surface area (Å²) in [4.78, 5) is 16.5. The fourth-order valence-corrected chi connectivity index (χ4v) is 2.64. The van der Waals surface area contributed by atoms with Gasteiger partial charge in [-0.25, -0.2) is 4.98 Å². The van der Waals surface area contributed by atoms with Crippen molar-refractivity contribution in [1.29, 1.82) is 0 Å². The molecule has 0 saturated carbocycles. The van der Waals surface area contributed by atoms with E-state index in [1.54, 1.807) is 26.4 Å². The number of anilines is 1. The van der Waals surface area contributed by atoms with E-state index in [-0.39, 0.29) is 11.6 Å². The molecular formula is C20H21N3O4. The molecule has 0 bridgehead atoms. The Morgan fingerprint density at radius 3 is 2.67 bits per heavy atom. The molecule has 3 aromatic rings. The van der Waals surface area contributed by atoms with Crippen LogP contribution in [0.15, 0.2) is 53.1 Å². The molecule has 0 radical (unpaired) electrons. The number of nitrogen functional groups attached to an aromatic ring is 1. The summed E-state index contributed by atoms with van der Waals surface area (Å²) in [5, 5.41) is 2.83. The number of nitrogens with zero attached hydrogens (tertiary/aromatic N) is 1. The molecule has 0 aliphatic heterocycles. The van der Waals surface area contributed by atoms with Crippen LogP contribution in [0.2, 0.25) is 0 Å². The monoisotopic (exact) mass is 367 g/mol. The van der Waals surface area contributed by atoms with Crippen LogP contribution in [-0.2, 0) is 6.42 Å². The molecule has 3 rings (SSSR count). The molecule has 1 heterocycles. The molecule has 140 valence electrons. The van der Waals surface area contributed by atoms with E-state index < -0.39 is 0 Å². The standard InChI is InChI=1S/C20H21N3O4/c1-25-17-8-7-13(11-18(17)26-2)9-10-22-19(24)16-12-27-20(23-16)14-5-3-4-6-15(14)21/h3-8,11-12H,9-10,21H2,1-2H3,(H,22,24). The van der Waals surface area contributed by atoms with E-state index in [9.17, 15) is 4.79 Å². The van der Waals surface area contributed by atoms with Gasteiger partial charge in [-0.1, -0.05) is 18.2 Å². The molecular weight excluding hydrogens is 346 g/mol. The normalized spacial score (nSPS) is 10.4. The van der Waals surface area contributed by atoms with Crippen LogP contribution in [0.3, 0.4) is 0 Å². The Labute approximate surface area is 157 Å². The van der Waals surface area contributed by atoms with Gasteiger partial charge in [0.1, 0.15) is 6.26 Å². The number of para-hydroxylation sites is 1. The van der Waals surface area contributed by atoms with Gasteiger partial charge in [-0.15, -0.1) is 0 Å². The maximum absolute atomic E-state index is 12.3. The van der Waals surface area contributed by atoms with Gasteiger partial charge in [0, 0.05) is 12.2 Å². The Morgan fingerprint density at radius 1 is 1.15 bits per heavy atom. The lowest BCUT2D eigenvalue weighted by molar-refractivity contribution is 0.0949. The van der Waals surface area contributed by atoms with E-state index in [2.05, 4.69) is 10.3 Å². The Kier molecular flexibility index (Phi) is 5.61. The van der Waals surface area contributed by atoms with Gasteiger partial charge >= 0.3 is 0 Å². The van der Waals surface area contributed by atoms with E-state index >= 15 is 0 Å². The molecule has 1 amide bonds. The lowest BCUT2D eigenvalue weighted by Crippen LogP contribution is -2.26. The summed E-state index contributed by atoms with van der Waals surface area (Å²) in [6, 6.07) is 12.9. The molecule has 3 N–H and O–H groups in total. The maximum Gasteiger partial charge on any atom is 0.273 e. The third kappa shape index (κ3) is 4.20. The van der Waals surface area contributed by atoms with Crippen molar-refractivity contribution in [2.45, 2.75) is 6.42 Å². The van der Waals surface area contributed by atoms with Crippen molar-refractivity contribution in [2.24, 2.45) is 0 Å². The molecule has 0 fully saturated rings. The molecule has 7 nitrogen and oxygen atoms in total. The number of aromatic nitrogens is 1. The first-order chi connectivity index (χ1) is 13.1. The quantitative estimate of drug-likeness (QED) is 0.623. The third-order valence-corrected chi connectivity index (χ3v) is 4.08. The summed E-state index contributed by atoms with van der Waals surface area (Å²) in [5.41, 5.74) is 8.33. The molecule has 27 heavy (non-hydrogen) atoms. The highest BCUT2D eigenvalue weighted by Crippen LogP contribution is 2.27. The van der Waals surface area contributed by atoms with Crippen molar-refractivity contribution in [3.63, 3.8) is 0 Å². The number of benzene rings is 2. The predicted molar refractivity (Wildman–Crippen MR) is 102 cm³/mol. The van der Waals surface area contributed by atoms with Crippen molar-refractivity contribution < 1.29 is 18.7 Å². The first-order valence-corrected chi connectivity index (χ1v) is 8.42. The van der Waals surface area contributed by atoms with Gasteiger partial charge in [-0.3, -0.25) is 4.79 Å². The number of nitrogens with one attached hydrogen (secondary N) is 1. The molecule has 2 aromatic carbocycles. The molecule has 0 aliphatic carbocycles. The lowest BCUT2D eigenvalue weighted by atomic mass is 10.1. The van der Waals surface area contributed by atoms with Crippen LogP contribution in [0.25, 0.3) is 11.5 Å². The maximum atomic E-state index is 12.3. The highest BCUT2D eigenvalue weighted by atomic mass is 16.5. The number of amides is 1. The number of methoxy groups -OCH3 is 2. The molecule has 0 unspecified atom stereocenters. The second-order valence-corrected chi connectivity index (χ2v) is 5.82. The summed E-state index contributed by atoms with van der Waals surface area (Å²) in [7, 11) is 3.18. The van der Waals surface area contributed by atoms with Gasteiger partial charge in [-0.2, -0.15) is 0 Å². The van der Waals surface area contributed by atoms with E-state index in [0.29, 0.717) is 41.6 Å². The summed E-state index contributed by atoms with van der Waals surface area (Å²) >= 11 is 0. The van der Waals surface area contributed by atoms with Crippen LogP contribution in [0.1, 0.15) is 16.1 Å². The minimum absolute atomic E-state index is 0.209. The van der Waals surface area contributed by atoms with Gasteiger partial charge in [0.2, 0.25) is 5.89 Å². The van der Waals surface area contributed by atoms with Crippen LogP contribution in [-0.4, -0.2) is 31.7 Å².